The Balaban J connectivity index is 3.30. The van der Waals surface area contributed by atoms with Crippen molar-refractivity contribution in [3.05, 3.63) is 0 Å². The summed E-state index contributed by atoms with van der Waals surface area (Å²) in [7, 11) is 0. The molecule has 1 unspecified atom stereocenters. The Morgan fingerprint density at radius 3 is 2.19 bits per heavy atom. The molecule has 0 heterocycles. The van der Waals surface area contributed by atoms with E-state index < -0.39 is 5.97 Å². The summed E-state index contributed by atoms with van der Waals surface area (Å²) in [6.45, 7) is 4.53. The third-order valence-corrected chi connectivity index (χ3v) is 3.30. The third kappa shape index (κ3) is 10.0. The van der Waals surface area contributed by atoms with E-state index in [0.717, 1.165) is 18.8 Å². The van der Waals surface area contributed by atoms with E-state index in [0.29, 0.717) is 6.42 Å². The molecular formula is C14H28O2. The smallest absolute Gasteiger partial charge is 0.303 e. The monoisotopic (exact) mass is 228 g/mol. The number of carboxylic acids is 1. The lowest BCUT2D eigenvalue weighted by Crippen LogP contribution is -1.99. The number of unbranched alkanes of at least 4 members (excludes halogenated alkanes) is 4. The van der Waals surface area contributed by atoms with E-state index in [1.807, 2.05) is 0 Å². The lowest BCUT2D eigenvalue weighted by Gasteiger charge is -2.13. The Morgan fingerprint density at radius 2 is 1.62 bits per heavy atom. The Morgan fingerprint density at radius 1 is 1.00 bits per heavy atom. The summed E-state index contributed by atoms with van der Waals surface area (Å²) in [6.07, 6.45) is 11.4. The number of carboxylic acid groups (broad SMARTS) is 1. The fourth-order valence-electron chi connectivity index (χ4n) is 2.11. The molecule has 2 nitrogen and oxygen atoms in total. The van der Waals surface area contributed by atoms with Crippen LogP contribution >= 0.6 is 0 Å². The zero-order valence-corrected chi connectivity index (χ0v) is 11.0. The van der Waals surface area contributed by atoms with Gasteiger partial charge >= 0.3 is 5.97 Å². The maximum absolute atomic E-state index is 10.3. The van der Waals surface area contributed by atoms with Gasteiger partial charge in [0.05, 0.1) is 0 Å². The molecule has 1 atom stereocenters. The van der Waals surface area contributed by atoms with Crippen LogP contribution in [0.4, 0.5) is 0 Å². The van der Waals surface area contributed by atoms with E-state index in [1.165, 1.54) is 44.9 Å². The topological polar surface area (TPSA) is 37.3 Å². The molecule has 0 bridgehead atoms. The SMILES string of the molecule is CCCCC(CC)CCCCCCC(=O)O. The predicted molar refractivity (Wildman–Crippen MR) is 68.6 cm³/mol. The Hall–Kier alpha value is -0.530. The minimum Gasteiger partial charge on any atom is -0.481 e. The second kappa shape index (κ2) is 11.0. The highest BCUT2D eigenvalue weighted by atomic mass is 16.4. The highest BCUT2D eigenvalue weighted by Gasteiger charge is 2.05. The van der Waals surface area contributed by atoms with E-state index in [1.54, 1.807) is 0 Å². The van der Waals surface area contributed by atoms with Crippen molar-refractivity contribution < 1.29 is 9.90 Å². The van der Waals surface area contributed by atoms with Crippen LogP contribution in [0, 0.1) is 5.92 Å². The van der Waals surface area contributed by atoms with Crippen LogP contribution in [-0.4, -0.2) is 11.1 Å². The van der Waals surface area contributed by atoms with Gasteiger partial charge in [-0.2, -0.15) is 0 Å². The molecule has 96 valence electrons. The summed E-state index contributed by atoms with van der Waals surface area (Å²) in [4.78, 5) is 10.3. The molecule has 16 heavy (non-hydrogen) atoms. The van der Waals surface area contributed by atoms with Crippen LogP contribution in [0.1, 0.15) is 78.1 Å². The molecular weight excluding hydrogens is 200 g/mol. The van der Waals surface area contributed by atoms with E-state index in [2.05, 4.69) is 13.8 Å². The second-order valence-corrected chi connectivity index (χ2v) is 4.76. The van der Waals surface area contributed by atoms with Crippen molar-refractivity contribution in [1.82, 2.24) is 0 Å². The summed E-state index contributed by atoms with van der Waals surface area (Å²) in [5.74, 6) is 0.244. The highest BCUT2D eigenvalue weighted by Crippen LogP contribution is 2.20. The lowest BCUT2D eigenvalue weighted by molar-refractivity contribution is -0.137. The first kappa shape index (κ1) is 15.5. The second-order valence-electron chi connectivity index (χ2n) is 4.76. The molecule has 2 heteroatoms. The molecule has 0 aliphatic heterocycles. The summed E-state index contributed by atoms with van der Waals surface area (Å²) in [5.41, 5.74) is 0. The van der Waals surface area contributed by atoms with Gasteiger partial charge in [0.1, 0.15) is 0 Å². The molecule has 0 radical (unpaired) electrons. The first-order valence-electron chi connectivity index (χ1n) is 6.92. The average molecular weight is 228 g/mol. The highest BCUT2D eigenvalue weighted by molar-refractivity contribution is 5.66. The van der Waals surface area contributed by atoms with Crippen LogP contribution in [0.2, 0.25) is 0 Å². The van der Waals surface area contributed by atoms with Gasteiger partial charge in [0.25, 0.3) is 0 Å². The first-order chi connectivity index (χ1) is 7.70. The first-order valence-corrected chi connectivity index (χ1v) is 6.92. The zero-order chi connectivity index (χ0) is 12.2. The van der Waals surface area contributed by atoms with Crippen LogP contribution < -0.4 is 0 Å². The zero-order valence-electron chi connectivity index (χ0n) is 11.0. The fraction of sp³-hybridized carbons (Fsp3) is 0.929. The van der Waals surface area contributed by atoms with Gasteiger partial charge in [0, 0.05) is 6.42 Å². The summed E-state index contributed by atoms with van der Waals surface area (Å²) in [6, 6.07) is 0. The van der Waals surface area contributed by atoms with Gasteiger partial charge in [-0.05, 0) is 12.3 Å². The molecule has 0 aliphatic rings. The minimum atomic E-state index is -0.658. The largest absolute Gasteiger partial charge is 0.481 e. The van der Waals surface area contributed by atoms with Crippen molar-refractivity contribution in [2.24, 2.45) is 5.92 Å². The van der Waals surface area contributed by atoms with E-state index in [9.17, 15) is 4.79 Å². The van der Waals surface area contributed by atoms with Gasteiger partial charge in [-0.15, -0.1) is 0 Å². The van der Waals surface area contributed by atoms with Crippen LogP contribution in [0.3, 0.4) is 0 Å². The Bertz CT molecular complexity index is 166. The van der Waals surface area contributed by atoms with Crippen LogP contribution in [0.5, 0.6) is 0 Å². The fourth-order valence-corrected chi connectivity index (χ4v) is 2.11. The van der Waals surface area contributed by atoms with Crippen molar-refractivity contribution >= 4 is 5.97 Å². The number of hydrogen-bond acceptors (Lipinski definition) is 1. The summed E-state index contributed by atoms with van der Waals surface area (Å²) >= 11 is 0. The molecule has 0 saturated carbocycles. The molecule has 0 saturated heterocycles. The quantitative estimate of drug-likeness (QED) is 0.523. The molecule has 1 N–H and O–H groups in total. The Labute approximate surface area is 100 Å². The van der Waals surface area contributed by atoms with Crippen molar-refractivity contribution in [3.8, 4) is 0 Å². The maximum Gasteiger partial charge on any atom is 0.303 e. The van der Waals surface area contributed by atoms with Crippen molar-refractivity contribution in [1.29, 1.82) is 0 Å². The molecule has 0 aliphatic carbocycles. The van der Waals surface area contributed by atoms with Crippen LogP contribution in [0.25, 0.3) is 0 Å². The van der Waals surface area contributed by atoms with Crippen LogP contribution in [-0.2, 0) is 4.79 Å². The number of aliphatic carboxylic acids is 1. The molecule has 0 spiro atoms. The number of hydrogen-bond donors (Lipinski definition) is 1. The third-order valence-electron chi connectivity index (χ3n) is 3.30. The van der Waals surface area contributed by atoms with E-state index in [4.69, 9.17) is 5.11 Å². The maximum atomic E-state index is 10.3. The van der Waals surface area contributed by atoms with E-state index >= 15 is 0 Å². The lowest BCUT2D eigenvalue weighted by atomic mass is 9.93. The van der Waals surface area contributed by atoms with Gasteiger partial charge in [0.2, 0.25) is 0 Å². The molecule has 0 aromatic heterocycles. The number of rotatable bonds is 11. The average Bonchev–Trinajstić information content (AvgIpc) is 2.26. The molecule has 0 amide bonds. The summed E-state index contributed by atoms with van der Waals surface area (Å²) in [5, 5.41) is 8.49. The van der Waals surface area contributed by atoms with E-state index in [-0.39, 0.29) is 0 Å². The molecule has 0 fully saturated rings. The normalized spacial score (nSPS) is 12.6. The summed E-state index contributed by atoms with van der Waals surface area (Å²) < 4.78 is 0. The molecule has 0 rings (SSSR count). The van der Waals surface area contributed by atoms with Crippen molar-refractivity contribution in [2.75, 3.05) is 0 Å². The minimum absolute atomic E-state index is 0.340. The predicted octanol–water partition coefficient (Wildman–Crippen LogP) is 4.63. The molecule has 0 aromatic carbocycles. The van der Waals surface area contributed by atoms with Gasteiger partial charge in [-0.3, -0.25) is 4.79 Å². The van der Waals surface area contributed by atoms with Crippen LogP contribution in [0.15, 0.2) is 0 Å². The van der Waals surface area contributed by atoms with Crippen molar-refractivity contribution in [2.45, 2.75) is 78.1 Å². The van der Waals surface area contributed by atoms with Gasteiger partial charge in [-0.1, -0.05) is 65.2 Å². The number of carbonyl (C=O) groups is 1. The van der Waals surface area contributed by atoms with Gasteiger partial charge in [0.15, 0.2) is 0 Å². The Kier molecular flexibility index (Phi) is 10.6. The van der Waals surface area contributed by atoms with Gasteiger partial charge in [-0.25, -0.2) is 0 Å². The van der Waals surface area contributed by atoms with Crippen molar-refractivity contribution in [3.63, 3.8) is 0 Å². The van der Waals surface area contributed by atoms with Gasteiger partial charge < -0.3 is 5.11 Å². The molecule has 0 aromatic rings. The standard InChI is InChI=1S/C14H28O2/c1-3-5-10-13(4-2)11-8-6-7-9-12-14(15)16/h13H,3-12H2,1-2H3,(H,15,16).